The van der Waals surface area contributed by atoms with E-state index in [0.717, 1.165) is 19.3 Å². The minimum Gasteiger partial charge on any atom is -0.347 e. The van der Waals surface area contributed by atoms with Gasteiger partial charge in [0, 0.05) is 30.3 Å². The third-order valence-corrected chi connectivity index (χ3v) is 4.14. The zero-order valence-electron chi connectivity index (χ0n) is 12.9. The monoisotopic (exact) mass is 269 g/mol. The van der Waals surface area contributed by atoms with Crippen LogP contribution in [0.2, 0.25) is 0 Å². The molecule has 2 saturated heterocycles. The van der Waals surface area contributed by atoms with Gasteiger partial charge in [-0.25, -0.2) is 0 Å². The normalized spacial score (nSPS) is 27.7. The minimum atomic E-state index is -0.490. The van der Waals surface area contributed by atoms with Crippen molar-refractivity contribution < 1.29 is 14.3 Å². The smallest absolute Gasteiger partial charge is 0.223 e. The van der Waals surface area contributed by atoms with Gasteiger partial charge in [-0.1, -0.05) is 6.92 Å². The number of carbonyl (C=O) groups excluding carboxylic acids is 1. The molecule has 0 atom stereocenters. The minimum absolute atomic E-state index is 0.238. The second kappa shape index (κ2) is 4.74. The van der Waals surface area contributed by atoms with Gasteiger partial charge in [-0.15, -0.1) is 0 Å². The highest BCUT2D eigenvalue weighted by Crippen LogP contribution is 2.47. The number of rotatable bonds is 2. The Kier molecular flexibility index (Phi) is 3.69. The summed E-state index contributed by atoms with van der Waals surface area (Å²) >= 11 is 0. The van der Waals surface area contributed by atoms with Crippen LogP contribution in [0, 0.1) is 0 Å². The van der Waals surface area contributed by atoms with Gasteiger partial charge in [0.1, 0.15) is 0 Å². The molecule has 110 valence electrons. The van der Waals surface area contributed by atoms with Crippen LogP contribution < -0.4 is 0 Å². The highest BCUT2D eigenvalue weighted by atomic mass is 16.7. The summed E-state index contributed by atoms with van der Waals surface area (Å²) in [5, 5.41) is 0. The molecule has 0 saturated carbocycles. The molecule has 0 aromatic rings. The summed E-state index contributed by atoms with van der Waals surface area (Å²) in [7, 11) is 0. The van der Waals surface area contributed by atoms with Crippen molar-refractivity contribution in [1.82, 2.24) is 4.90 Å². The first-order chi connectivity index (χ1) is 8.72. The second-order valence-corrected chi connectivity index (χ2v) is 7.07. The maximum atomic E-state index is 12.5. The van der Waals surface area contributed by atoms with Crippen LogP contribution in [0.15, 0.2) is 0 Å². The first kappa shape index (κ1) is 14.8. The van der Waals surface area contributed by atoms with Crippen molar-refractivity contribution in [2.24, 2.45) is 0 Å². The predicted molar refractivity (Wildman–Crippen MR) is 73.8 cm³/mol. The lowest BCUT2D eigenvalue weighted by Gasteiger charge is -2.57. The van der Waals surface area contributed by atoms with E-state index < -0.39 is 5.79 Å². The summed E-state index contributed by atoms with van der Waals surface area (Å²) in [4.78, 5) is 14.5. The molecule has 0 aromatic heterocycles. The van der Waals surface area contributed by atoms with Crippen molar-refractivity contribution >= 4 is 5.91 Å². The van der Waals surface area contributed by atoms with Gasteiger partial charge in [0.25, 0.3) is 0 Å². The predicted octanol–water partition coefficient (Wildman–Crippen LogP) is 2.71. The Morgan fingerprint density at radius 1 is 1.05 bits per heavy atom. The van der Waals surface area contributed by atoms with Crippen LogP contribution in [0.1, 0.15) is 60.3 Å². The van der Waals surface area contributed by atoms with Gasteiger partial charge in [-0.3, -0.25) is 4.79 Å². The lowest BCUT2D eigenvalue weighted by Crippen LogP contribution is -2.67. The highest BCUT2D eigenvalue weighted by Gasteiger charge is 2.56. The van der Waals surface area contributed by atoms with Gasteiger partial charge in [0.05, 0.1) is 13.2 Å². The number of amides is 1. The number of carbonyl (C=O) groups is 1. The van der Waals surface area contributed by atoms with Crippen LogP contribution >= 0.6 is 0 Å². The average molecular weight is 269 g/mol. The van der Waals surface area contributed by atoms with Gasteiger partial charge >= 0.3 is 0 Å². The van der Waals surface area contributed by atoms with Gasteiger partial charge in [-0.2, -0.15) is 0 Å². The average Bonchev–Trinajstić information content (AvgIpc) is 2.61. The summed E-state index contributed by atoms with van der Waals surface area (Å²) in [5.41, 5.74) is -0.476. The number of nitrogens with zero attached hydrogens (tertiary/aromatic N) is 1. The van der Waals surface area contributed by atoms with Crippen molar-refractivity contribution in [3.63, 3.8) is 0 Å². The molecule has 0 N–H and O–H groups in total. The lowest BCUT2D eigenvalue weighted by atomic mass is 9.75. The van der Waals surface area contributed by atoms with Crippen molar-refractivity contribution in [2.45, 2.75) is 77.2 Å². The quantitative estimate of drug-likeness (QED) is 0.773. The first-order valence-electron chi connectivity index (χ1n) is 7.34. The topological polar surface area (TPSA) is 38.8 Å². The molecule has 0 unspecified atom stereocenters. The van der Waals surface area contributed by atoms with Crippen molar-refractivity contribution in [2.75, 3.05) is 13.2 Å². The number of likely N-dealkylation sites (tertiary alicyclic amines) is 1. The van der Waals surface area contributed by atoms with Gasteiger partial charge in [0.2, 0.25) is 5.91 Å². The Labute approximate surface area is 116 Å². The molecule has 1 amide bonds. The van der Waals surface area contributed by atoms with Crippen LogP contribution in [-0.2, 0) is 14.3 Å². The molecule has 4 heteroatoms. The zero-order valence-corrected chi connectivity index (χ0v) is 12.9. The lowest BCUT2D eigenvalue weighted by molar-refractivity contribution is -0.237. The van der Waals surface area contributed by atoms with E-state index >= 15 is 0 Å². The maximum absolute atomic E-state index is 12.5. The van der Waals surface area contributed by atoms with Crippen LogP contribution in [0.3, 0.4) is 0 Å². The fourth-order valence-electron chi connectivity index (χ4n) is 4.06. The van der Waals surface area contributed by atoms with Crippen molar-refractivity contribution in [1.29, 1.82) is 0 Å². The summed E-state index contributed by atoms with van der Waals surface area (Å²) in [6.07, 6.45) is 3.00. The summed E-state index contributed by atoms with van der Waals surface area (Å²) in [5.74, 6) is -0.249. The Morgan fingerprint density at radius 2 is 1.53 bits per heavy atom. The van der Waals surface area contributed by atoms with E-state index in [1.54, 1.807) is 0 Å². The molecule has 1 spiro atoms. The van der Waals surface area contributed by atoms with Crippen LogP contribution in [0.4, 0.5) is 0 Å². The number of hydrogen-bond acceptors (Lipinski definition) is 3. The molecule has 2 aliphatic rings. The Hall–Kier alpha value is -0.610. The van der Waals surface area contributed by atoms with E-state index in [1.807, 2.05) is 6.92 Å². The van der Waals surface area contributed by atoms with Gasteiger partial charge in [-0.05, 0) is 34.1 Å². The molecule has 0 aromatic carbocycles. The third-order valence-electron chi connectivity index (χ3n) is 4.14. The molecular weight excluding hydrogens is 242 g/mol. The number of ether oxygens (including phenoxy) is 2. The molecule has 0 bridgehead atoms. The molecule has 0 aliphatic carbocycles. The summed E-state index contributed by atoms with van der Waals surface area (Å²) in [6, 6.07) is 0. The van der Waals surface area contributed by atoms with E-state index in [1.165, 1.54) is 0 Å². The van der Waals surface area contributed by atoms with Gasteiger partial charge < -0.3 is 14.4 Å². The SMILES string of the molecule is CCCC(=O)N1C(C)(C)CC2(CC1(C)C)OCCO2. The van der Waals surface area contributed by atoms with E-state index in [0.29, 0.717) is 19.6 Å². The fourth-order valence-corrected chi connectivity index (χ4v) is 4.06. The van der Waals surface area contributed by atoms with Crippen molar-refractivity contribution in [3.8, 4) is 0 Å². The largest absolute Gasteiger partial charge is 0.347 e. The highest BCUT2D eigenvalue weighted by molar-refractivity contribution is 5.78. The summed E-state index contributed by atoms with van der Waals surface area (Å²) in [6.45, 7) is 11.8. The van der Waals surface area contributed by atoms with Crippen LogP contribution in [0.25, 0.3) is 0 Å². The van der Waals surface area contributed by atoms with Crippen LogP contribution in [0.5, 0.6) is 0 Å². The first-order valence-corrected chi connectivity index (χ1v) is 7.34. The van der Waals surface area contributed by atoms with Gasteiger partial charge in [0.15, 0.2) is 5.79 Å². The van der Waals surface area contributed by atoms with Crippen molar-refractivity contribution in [3.05, 3.63) is 0 Å². The molecule has 2 fully saturated rings. The Morgan fingerprint density at radius 3 is 1.95 bits per heavy atom. The molecular formula is C15H27NO3. The molecule has 4 nitrogen and oxygen atoms in total. The standard InChI is InChI=1S/C15H27NO3/c1-6-7-12(17)16-13(2,3)10-15(11-14(16,4)5)18-8-9-19-15/h6-11H2,1-5H3. The summed E-state index contributed by atoms with van der Waals surface area (Å²) < 4.78 is 11.8. The van der Waals surface area contributed by atoms with E-state index in [4.69, 9.17) is 9.47 Å². The second-order valence-electron chi connectivity index (χ2n) is 7.07. The number of piperidine rings is 1. The fraction of sp³-hybridized carbons (Fsp3) is 0.933. The molecule has 19 heavy (non-hydrogen) atoms. The Bertz CT molecular complexity index is 336. The van der Waals surface area contributed by atoms with E-state index in [9.17, 15) is 4.79 Å². The Balaban J connectivity index is 2.28. The third kappa shape index (κ3) is 2.65. The number of hydrogen-bond donors (Lipinski definition) is 0. The zero-order chi connectivity index (χ0) is 14.3. The van der Waals surface area contributed by atoms with Crippen LogP contribution in [-0.4, -0.2) is 40.9 Å². The molecule has 2 heterocycles. The van der Waals surface area contributed by atoms with E-state index in [-0.39, 0.29) is 17.0 Å². The molecule has 2 rings (SSSR count). The van der Waals surface area contributed by atoms with E-state index in [2.05, 4.69) is 32.6 Å². The molecule has 0 radical (unpaired) electrons. The maximum Gasteiger partial charge on any atom is 0.223 e. The molecule has 2 aliphatic heterocycles.